The Balaban J connectivity index is 1.72. The minimum atomic E-state index is 0.851. The Morgan fingerprint density at radius 3 is 2.25 bits per heavy atom. The van der Waals surface area contributed by atoms with Crippen LogP contribution in [0.2, 0.25) is 0 Å². The maximum absolute atomic E-state index is 2.72. The molecule has 0 spiro atoms. The van der Waals surface area contributed by atoms with E-state index in [0.29, 0.717) is 0 Å². The van der Waals surface area contributed by atoms with E-state index in [1.165, 1.54) is 65.2 Å². The Bertz CT molecular complexity index is 199. The molecule has 0 radical (unpaired) electrons. The Kier molecular flexibility index (Phi) is 4.62. The minimum Gasteiger partial charge on any atom is -0.302 e. The molecule has 0 N–H and O–H groups in total. The van der Waals surface area contributed by atoms with Gasteiger partial charge in [0.1, 0.15) is 0 Å². The highest BCUT2D eigenvalue weighted by Crippen LogP contribution is 2.17. The zero-order chi connectivity index (χ0) is 11.4. The quantitative estimate of drug-likeness (QED) is 0.709. The van der Waals surface area contributed by atoms with Gasteiger partial charge in [-0.1, -0.05) is 13.8 Å². The van der Waals surface area contributed by atoms with Crippen LogP contribution in [0.1, 0.15) is 26.7 Å². The standard InChI is InChI=1S/C13H27N3/c1-3-6-15-8-10-16(11-9-15)13-5-7-14(4-2)12-13/h13H,3-12H2,1-2H3/t13-/m1/s1. The summed E-state index contributed by atoms with van der Waals surface area (Å²) in [4.78, 5) is 7.92. The Morgan fingerprint density at radius 2 is 1.69 bits per heavy atom. The predicted octanol–water partition coefficient (Wildman–Crippen LogP) is 1.11. The fraction of sp³-hybridized carbons (Fsp3) is 1.00. The molecule has 2 aliphatic heterocycles. The van der Waals surface area contributed by atoms with Gasteiger partial charge in [0.2, 0.25) is 0 Å². The van der Waals surface area contributed by atoms with Gasteiger partial charge in [0.25, 0.3) is 0 Å². The van der Waals surface area contributed by atoms with Crippen LogP contribution in [0.4, 0.5) is 0 Å². The lowest BCUT2D eigenvalue weighted by atomic mass is 10.2. The summed E-state index contributed by atoms with van der Waals surface area (Å²) < 4.78 is 0. The predicted molar refractivity (Wildman–Crippen MR) is 68.8 cm³/mol. The monoisotopic (exact) mass is 225 g/mol. The SMILES string of the molecule is CCCN1CCN([C@@H]2CCN(CC)C2)CC1. The molecule has 1 atom stereocenters. The number of hydrogen-bond donors (Lipinski definition) is 0. The summed E-state index contributed by atoms with van der Waals surface area (Å²) in [5, 5.41) is 0. The lowest BCUT2D eigenvalue weighted by molar-refractivity contribution is 0.0981. The number of rotatable bonds is 4. The van der Waals surface area contributed by atoms with Gasteiger partial charge in [0.05, 0.1) is 0 Å². The number of likely N-dealkylation sites (N-methyl/N-ethyl adjacent to an activating group) is 1. The maximum atomic E-state index is 2.72. The smallest absolute Gasteiger partial charge is 0.0236 e. The van der Waals surface area contributed by atoms with Crippen molar-refractivity contribution < 1.29 is 0 Å². The lowest BCUT2D eigenvalue weighted by Gasteiger charge is -2.37. The maximum Gasteiger partial charge on any atom is 0.0236 e. The first-order valence-corrected chi connectivity index (χ1v) is 7.02. The minimum absolute atomic E-state index is 0.851. The van der Waals surface area contributed by atoms with Gasteiger partial charge in [-0.3, -0.25) is 4.90 Å². The van der Waals surface area contributed by atoms with E-state index in [9.17, 15) is 0 Å². The van der Waals surface area contributed by atoms with E-state index < -0.39 is 0 Å². The molecule has 0 amide bonds. The second-order valence-electron chi connectivity index (χ2n) is 5.21. The van der Waals surface area contributed by atoms with E-state index in [1.807, 2.05) is 0 Å². The second kappa shape index (κ2) is 5.99. The first-order chi connectivity index (χ1) is 7.83. The number of likely N-dealkylation sites (tertiary alicyclic amines) is 1. The Labute approximate surface area is 100 Å². The largest absolute Gasteiger partial charge is 0.302 e. The van der Waals surface area contributed by atoms with E-state index in [2.05, 4.69) is 28.5 Å². The molecule has 2 rings (SSSR count). The lowest BCUT2D eigenvalue weighted by Crippen LogP contribution is -2.51. The zero-order valence-electron chi connectivity index (χ0n) is 11.0. The summed E-state index contributed by atoms with van der Waals surface area (Å²) >= 11 is 0. The molecule has 0 aromatic carbocycles. The van der Waals surface area contributed by atoms with Crippen molar-refractivity contribution in [1.29, 1.82) is 0 Å². The molecular formula is C13H27N3. The third-order valence-corrected chi connectivity index (χ3v) is 4.16. The molecule has 0 aliphatic carbocycles. The van der Waals surface area contributed by atoms with Crippen LogP contribution in [0.15, 0.2) is 0 Å². The molecule has 0 saturated carbocycles. The van der Waals surface area contributed by atoms with Gasteiger partial charge in [0.15, 0.2) is 0 Å². The van der Waals surface area contributed by atoms with Crippen molar-refractivity contribution in [3.05, 3.63) is 0 Å². The topological polar surface area (TPSA) is 9.72 Å². The molecule has 3 heteroatoms. The average molecular weight is 225 g/mol. The summed E-state index contributed by atoms with van der Waals surface area (Å²) in [7, 11) is 0. The molecule has 2 fully saturated rings. The van der Waals surface area contributed by atoms with Crippen LogP contribution in [-0.2, 0) is 0 Å². The first-order valence-electron chi connectivity index (χ1n) is 7.02. The molecule has 2 saturated heterocycles. The van der Waals surface area contributed by atoms with Crippen LogP contribution in [-0.4, -0.2) is 73.1 Å². The molecular weight excluding hydrogens is 198 g/mol. The molecule has 0 aromatic heterocycles. The highest BCUT2D eigenvalue weighted by atomic mass is 15.3. The van der Waals surface area contributed by atoms with Crippen molar-refractivity contribution in [1.82, 2.24) is 14.7 Å². The molecule has 2 heterocycles. The number of nitrogens with zero attached hydrogens (tertiary/aromatic N) is 3. The van der Waals surface area contributed by atoms with Crippen molar-refractivity contribution in [3.63, 3.8) is 0 Å². The van der Waals surface area contributed by atoms with E-state index in [1.54, 1.807) is 0 Å². The summed E-state index contributed by atoms with van der Waals surface area (Å²) in [5.41, 5.74) is 0. The van der Waals surface area contributed by atoms with Crippen molar-refractivity contribution >= 4 is 0 Å². The summed E-state index contributed by atoms with van der Waals surface area (Å²) in [5.74, 6) is 0. The van der Waals surface area contributed by atoms with Gasteiger partial charge in [-0.2, -0.15) is 0 Å². The van der Waals surface area contributed by atoms with Crippen LogP contribution in [0.25, 0.3) is 0 Å². The first kappa shape index (κ1) is 12.3. The van der Waals surface area contributed by atoms with Crippen LogP contribution >= 0.6 is 0 Å². The second-order valence-corrected chi connectivity index (χ2v) is 5.21. The van der Waals surface area contributed by atoms with E-state index >= 15 is 0 Å². The van der Waals surface area contributed by atoms with Crippen molar-refractivity contribution in [2.75, 3.05) is 52.4 Å². The highest BCUT2D eigenvalue weighted by molar-refractivity contribution is 4.85. The molecule has 0 unspecified atom stereocenters. The van der Waals surface area contributed by atoms with Gasteiger partial charge >= 0.3 is 0 Å². The van der Waals surface area contributed by atoms with Gasteiger partial charge in [-0.25, -0.2) is 0 Å². The molecule has 94 valence electrons. The van der Waals surface area contributed by atoms with Crippen molar-refractivity contribution in [2.45, 2.75) is 32.7 Å². The molecule has 16 heavy (non-hydrogen) atoms. The molecule has 2 aliphatic rings. The summed E-state index contributed by atoms with van der Waals surface area (Å²) in [6.07, 6.45) is 2.69. The van der Waals surface area contributed by atoms with Crippen LogP contribution < -0.4 is 0 Å². The highest BCUT2D eigenvalue weighted by Gasteiger charge is 2.28. The van der Waals surface area contributed by atoms with Crippen LogP contribution in [0, 0.1) is 0 Å². The fourth-order valence-corrected chi connectivity index (χ4v) is 3.07. The number of hydrogen-bond acceptors (Lipinski definition) is 3. The molecule has 3 nitrogen and oxygen atoms in total. The third-order valence-electron chi connectivity index (χ3n) is 4.16. The van der Waals surface area contributed by atoms with Crippen molar-refractivity contribution in [2.24, 2.45) is 0 Å². The normalized spacial score (nSPS) is 30.0. The average Bonchev–Trinajstić information content (AvgIpc) is 2.79. The summed E-state index contributed by atoms with van der Waals surface area (Å²) in [6.45, 7) is 14.9. The van der Waals surface area contributed by atoms with Crippen LogP contribution in [0.5, 0.6) is 0 Å². The van der Waals surface area contributed by atoms with E-state index in [-0.39, 0.29) is 0 Å². The van der Waals surface area contributed by atoms with E-state index in [0.717, 1.165) is 6.04 Å². The number of piperazine rings is 1. The third kappa shape index (κ3) is 2.96. The van der Waals surface area contributed by atoms with Gasteiger partial charge in [0, 0.05) is 38.8 Å². The van der Waals surface area contributed by atoms with Crippen LogP contribution in [0.3, 0.4) is 0 Å². The molecule has 0 aromatic rings. The summed E-state index contributed by atoms with van der Waals surface area (Å²) in [6, 6.07) is 0.851. The Morgan fingerprint density at radius 1 is 0.938 bits per heavy atom. The van der Waals surface area contributed by atoms with Gasteiger partial charge in [-0.15, -0.1) is 0 Å². The molecule has 0 bridgehead atoms. The van der Waals surface area contributed by atoms with Gasteiger partial charge < -0.3 is 9.80 Å². The van der Waals surface area contributed by atoms with Gasteiger partial charge in [-0.05, 0) is 32.5 Å². The van der Waals surface area contributed by atoms with E-state index in [4.69, 9.17) is 0 Å². The fourth-order valence-electron chi connectivity index (χ4n) is 3.07. The van der Waals surface area contributed by atoms with Crippen molar-refractivity contribution in [3.8, 4) is 0 Å². The Hall–Kier alpha value is -0.120. The zero-order valence-corrected chi connectivity index (χ0v) is 11.0.